The zero-order chi connectivity index (χ0) is 23.7. The van der Waals surface area contributed by atoms with Crippen LogP contribution in [0.5, 0.6) is 5.75 Å². The Morgan fingerprint density at radius 3 is 2.19 bits per heavy atom. The number of sulfonamides is 1. The van der Waals surface area contributed by atoms with E-state index in [1.807, 2.05) is 0 Å². The van der Waals surface area contributed by atoms with Gasteiger partial charge in [0.1, 0.15) is 10.8 Å². The van der Waals surface area contributed by atoms with E-state index in [2.05, 4.69) is 4.74 Å². The van der Waals surface area contributed by atoms with Gasteiger partial charge >= 0.3 is 6.36 Å². The van der Waals surface area contributed by atoms with Gasteiger partial charge in [-0.25, -0.2) is 8.42 Å². The highest BCUT2D eigenvalue weighted by Crippen LogP contribution is 2.27. The fourth-order valence-electron chi connectivity index (χ4n) is 3.06. The Morgan fingerprint density at radius 2 is 1.66 bits per heavy atom. The maximum atomic E-state index is 12.8. The summed E-state index contributed by atoms with van der Waals surface area (Å²) in [5.74, 6) is -1.07. The SMILES string of the molecule is O=C(c1ccc(Cl)c([N+](=O)[O-])c1)N1CCN(S(=O)(=O)c2ccc(OC(F)(F)F)cc2)CC1. The molecular formula is C18H15ClF3N3O6S. The summed E-state index contributed by atoms with van der Waals surface area (Å²) in [6.07, 6.45) is -4.90. The second kappa shape index (κ2) is 8.92. The average Bonchev–Trinajstić information content (AvgIpc) is 2.72. The summed E-state index contributed by atoms with van der Waals surface area (Å²) in [7, 11) is -4.01. The third-order valence-corrected chi connectivity index (χ3v) is 6.84. The third-order valence-electron chi connectivity index (χ3n) is 4.61. The van der Waals surface area contributed by atoms with Gasteiger partial charge in [0.15, 0.2) is 0 Å². The molecule has 0 unspecified atom stereocenters. The zero-order valence-corrected chi connectivity index (χ0v) is 17.7. The lowest BCUT2D eigenvalue weighted by atomic mass is 10.1. The Balaban J connectivity index is 1.68. The Kier molecular flexibility index (Phi) is 6.62. The number of halogens is 4. The van der Waals surface area contributed by atoms with Crippen LogP contribution in [0.25, 0.3) is 0 Å². The summed E-state index contributed by atoms with van der Waals surface area (Å²) < 4.78 is 67.1. The lowest BCUT2D eigenvalue weighted by Gasteiger charge is -2.34. The van der Waals surface area contributed by atoms with Crippen LogP contribution in [-0.2, 0) is 10.0 Å². The molecule has 3 rings (SSSR count). The molecule has 0 bridgehead atoms. The highest BCUT2D eigenvalue weighted by molar-refractivity contribution is 7.89. The molecule has 0 spiro atoms. The van der Waals surface area contributed by atoms with E-state index in [1.165, 1.54) is 17.0 Å². The van der Waals surface area contributed by atoms with E-state index in [-0.39, 0.29) is 41.7 Å². The van der Waals surface area contributed by atoms with E-state index in [4.69, 9.17) is 11.6 Å². The molecule has 0 atom stereocenters. The molecule has 1 saturated heterocycles. The second-order valence-corrected chi connectivity index (χ2v) is 8.98. The second-order valence-electron chi connectivity index (χ2n) is 6.64. The average molecular weight is 494 g/mol. The summed E-state index contributed by atoms with van der Waals surface area (Å²) in [6, 6.07) is 7.42. The quantitative estimate of drug-likeness (QED) is 0.467. The zero-order valence-electron chi connectivity index (χ0n) is 16.1. The van der Waals surface area contributed by atoms with Crippen molar-refractivity contribution in [3.63, 3.8) is 0 Å². The predicted molar refractivity (Wildman–Crippen MR) is 106 cm³/mol. The number of hydrogen-bond acceptors (Lipinski definition) is 6. The van der Waals surface area contributed by atoms with Crippen molar-refractivity contribution < 1.29 is 36.0 Å². The Bertz CT molecular complexity index is 1130. The van der Waals surface area contributed by atoms with Crippen molar-refractivity contribution in [2.24, 2.45) is 0 Å². The number of benzene rings is 2. The molecule has 9 nitrogen and oxygen atoms in total. The molecule has 172 valence electrons. The number of piperazine rings is 1. The summed E-state index contributed by atoms with van der Waals surface area (Å²) in [4.78, 5) is 24.1. The maximum absolute atomic E-state index is 12.8. The summed E-state index contributed by atoms with van der Waals surface area (Å²) in [5, 5.41) is 10.9. The molecule has 2 aromatic rings. The number of nitro benzene ring substituents is 1. The van der Waals surface area contributed by atoms with Crippen molar-refractivity contribution in [3.05, 3.63) is 63.2 Å². The van der Waals surface area contributed by atoms with Crippen LogP contribution in [0.15, 0.2) is 47.4 Å². The molecule has 1 aliphatic heterocycles. The third kappa shape index (κ3) is 5.29. The lowest BCUT2D eigenvalue weighted by Crippen LogP contribution is -2.50. The Labute approximate surface area is 185 Å². The molecule has 32 heavy (non-hydrogen) atoms. The molecule has 0 aliphatic carbocycles. The minimum absolute atomic E-state index is 0.0176. The molecule has 0 aromatic heterocycles. The number of carbonyl (C=O) groups is 1. The van der Waals surface area contributed by atoms with Crippen molar-refractivity contribution in [2.75, 3.05) is 26.2 Å². The number of hydrogen-bond donors (Lipinski definition) is 0. The van der Waals surface area contributed by atoms with Crippen LogP contribution in [-0.4, -0.2) is 61.0 Å². The first-order chi connectivity index (χ1) is 14.9. The van der Waals surface area contributed by atoms with Crippen LogP contribution in [0.2, 0.25) is 5.02 Å². The van der Waals surface area contributed by atoms with E-state index in [0.29, 0.717) is 0 Å². The van der Waals surface area contributed by atoms with E-state index in [1.54, 1.807) is 0 Å². The lowest BCUT2D eigenvalue weighted by molar-refractivity contribution is -0.384. The fourth-order valence-corrected chi connectivity index (χ4v) is 4.67. The topological polar surface area (TPSA) is 110 Å². The number of nitro groups is 1. The molecule has 1 heterocycles. The molecule has 1 aliphatic rings. The standard InChI is InChI=1S/C18H15ClF3N3O6S/c19-15-6-1-12(11-16(15)25(27)28)17(26)23-7-9-24(10-8-23)32(29,30)14-4-2-13(3-5-14)31-18(20,21)22/h1-6,11H,7-10H2. The maximum Gasteiger partial charge on any atom is 0.573 e. The molecule has 0 saturated carbocycles. The van der Waals surface area contributed by atoms with Crippen LogP contribution < -0.4 is 4.74 Å². The van der Waals surface area contributed by atoms with Crippen LogP contribution in [0.4, 0.5) is 18.9 Å². The highest BCUT2D eigenvalue weighted by Gasteiger charge is 2.33. The summed E-state index contributed by atoms with van der Waals surface area (Å²) >= 11 is 5.75. The first-order valence-corrected chi connectivity index (χ1v) is 10.8. The van der Waals surface area contributed by atoms with Crippen LogP contribution in [0.3, 0.4) is 0 Å². The normalized spacial score (nSPS) is 15.4. The smallest absolute Gasteiger partial charge is 0.406 e. The predicted octanol–water partition coefficient (Wildman–Crippen LogP) is 3.29. The fraction of sp³-hybridized carbons (Fsp3) is 0.278. The Morgan fingerprint density at radius 1 is 1.06 bits per heavy atom. The largest absolute Gasteiger partial charge is 0.573 e. The Hall–Kier alpha value is -2.90. The van der Waals surface area contributed by atoms with E-state index >= 15 is 0 Å². The van der Waals surface area contributed by atoms with E-state index in [0.717, 1.165) is 34.6 Å². The summed E-state index contributed by atoms with van der Waals surface area (Å²) in [6.45, 7) is -0.0946. The van der Waals surface area contributed by atoms with Gasteiger partial charge in [0.05, 0.1) is 9.82 Å². The number of rotatable bonds is 5. The van der Waals surface area contributed by atoms with Crippen molar-refractivity contribution >= 4 is 33.2 Å². The van der Waals surface area contributed by atoms with Gasteiger partial charge in [0.2, 0.25) is 10.0 Å². The van der Waals surface area contributed by atoms with Crippen molar-refractivity contribution in [1.82, 2.24) is 9.21 Å². The monoisotopic (exact) mass is 493 g/mol. The molecule has 1 amide bonds. The molecule has 1 fully saturated rings. The highest BCUT2D eigenvalue weighted by atomic mass is 35.5. The molecule has 0 N–H and O–H groups in total. The van der Waals surface area contributed by atoms with Crippen LogP contribution in [0.1, 0.15) is 10.4 Å². The molecule has 0 radical (unpaired) electrons. The number of amides is 1. The van der Waals surface area contributed by atoms with Crippen LogP contribution >= 0.6 is 11.6 Å². The van der Waals surface area contributed by atoms with Gasteiger partial charge in [-0.05, 0) is 36.4 Å². The number of nitrogens with zero attached hydrogens (tertiary/aromatic N) is 3. The first-order valence-electron chi connectivity index (χ1n) is 8.98. The summed E-state index contributed by atoms with van der Waals surface area (Å²) in [5.41, 5.74) is -0.380. The van der Waals surface area contributed by atoms with Gasteiger partial charge < -0.3 is 9.64 Å². The molecular weight excluding hydrogens is 479 g/mol. The van der Waals surface area contributed by atoms with Crippen LogP contribution in [0, 0.1) is 10.1 Å². The molecule has 14 heteroatoms. The number of alkyl halides is 3. The van der Waals surface area contributed by atoms with Gasteiger partial charge in [-0.15, -0.1) is 13.2 Å². The van der Waals surface area contributed by atoms with E-state index < -0.39 is 38.7 Å². The van der Waals surface area contributed by atoms with E-state index in [9.17, 15) is 36.5 Å². The molecule has 2 aromatic carbocycles. The van der Waals surface area contributed by atoms with Gasteiger partial charge in [0, 0.05) is 37.8 Å². The number of ether oxygens (including phenoxy) is 1. The minimum Gasteiger partial charge on any atom is -0.406 e. The minimum atomic E-state index is -4.90. The number of carbonyl (C=O) groups excluding carboxylic acids is 1. The van der Waals surface area contributed by atoms with Crippen molar-refractivity contribution in [2.45, 2.75) is 11.3 Å². The van der Waals surface area contributed by atoms with Gasteiger partial charge in [-0.1, -0.05) is 11.6 Å². The van der Waals surface area contributed by atoms with Gasteiger partial charge in [-0.3, -0.25) is 14.9 Å². The van der Waals surface area contributed by atoms with Crippen molar-refractivity contribution in [3.8, 4) is 5.75 Å². The van der Waals surface area contributed by atoms with Crippen molar-refractivity contribution in [1.29, 1.82) is 0 Å². The first kappa shape index (κ1) is 23.8. The van der Waals surface area contributed by atoms with Gasteiger partial charge in [-0.2, -0.15) is 4.31 Å². The van der Waals surface area contributed by atoms with Gasteiger partial charge in [0.25, 0.3) is 11.6 Å².